The zero-order valence-electron chi connectivity index (χ0n) is 12.9. The number of halogens is 1. The fourth-order valence-corrected chi connectivity index (χ4v) is 3.01. The summed E-state index contributed by atoms with van der Waals surface area (Å²) in [7, 11) is 0. The molecule has 24 heavy (non-hydrogen) atoms. The Labute approximate surface area is 144 Å². The number of hydrogen-bond acceptors (Lipinski definition) is 3. The van der Waals surface area contributed by atoms with Crippen molar-refractivity contribution in [3.63, 3.8) is 0 Å². The molecule has 1 atom stereocenters. The minimum atomic E-state index is -0.951. The molecule has 0 spiro atoms. The summed E-state index contributed by atoms with van der Waals surface area (Å²) >= 11 is 6.23. The van der Waals surface area contributed by atoms with Gasteiger partial charge in [-0.1, -0.05) is 11.6 Å². The zero-order chi connectivity index (χ0) is 17.1. The average Bonchev–Trinajstić information content (AvgIpc) is 3.09. The standard InChI is InChI=1S/C17H17ClN2O4/c18-14-4-3-12(9-15(14)19-5-1-2-6-19)17(23)20-7-8-24-11-13(20)10-16(21)22/h1-6,9,13H,7-8,10-11H2,(H,21,22)/t13-/m1/s1. The van der Waals surface area contributed by atoms with Crippen LogP contribution in [-0.2, 0) is 9.53 Å². The second-order valence-electron chi connectivity index (χ2n) is 5.58. The van der Waals surface area contributed by atoms with Crippen LogP contribution in [0.25, 0.3) is 5.69 Å². The van der Waals surface area contributed by atoms with E-state index < -0.39 is 12.0 Å². The number of rotatable bonds is 4. The number of ether oxygens (including phenoxy) is 1. The van der Waals surface area contributed by atoms with Gasteiger partial charge in [-0.3, -0.25) is 9.59 Å². The van der Waals surface area contributed by atoms with E-state index in [0.29, 0.717) is 29.4 Å². The first-order valence-corrected chi connectivity index (χ1v) is 7.97. The Balaban J connectivity index is 1.89. The van der Waals surface area contributed by atoms with Crippen molar-refractivity contribution in [2.75, 3.05) is 19.8 Å². The van der Waals surface area contributed by atoms with Gasteiger partial charge in [0.2, 0.25) is 0 Å². The second-order valence-corrected chi connectivity index (χ2v) is 5.99. The van der Waals surface area contributed by atoms with Crippen LogP contribution in [0.3, 0.4) is 0 Å². The number of morpholine rings is 1. The summed E-state index contributed by atoms with van der Waals surface area (Å²) in [6.45, 7) is 1.01. The molecule has 7 heteroatoms. The fourth-order valence-electron chi connectivity index (χ4n) is 2.80. The lowest BCUT2D eigenvalue weighted by Gasteiger charge is -2.35. The van der Waals surface area contributed by atoms with Crippen molar-refractivity contribution in [1.29, 1.82) is 0 Å². The Morgan fingerprint density at radius 1 is 1.29 bits per heavy atom. The topological polar surface area (TPSA) is 71.8 Å². The molecule has 0 bridgehead atoms. The van der Waals surface area contributed by atoms with Gasteiger partial charge in [0.05, 0.1) is 36.4 Å². The van der Waals surface area contributed by atoms with Crippen molar-refractivity contribution >= 4 is 23.5 Å². The number of aliphatic carboxylic acids is 1. The third kappa shape index (κ3) is 3.44. The van der Waals surface area contributed by atoms with Crippen LogP contribution in [0.4, 0.5) is 0 Å². The minimum Gasteiger partial charge on any atom is -0.481 e. The SMILES string of the molecule is O=C(O)C[C@@H]1COCCN1C(=O)c1ccc(Cl)c(-n2cccc2)c1. The van der Waals surface area contributed by atoms with E-state index in [1.54, 1.807) is 23.1 Å². The highest BCUT2D eigenvalue weighted by Gasteiger charge is 2.30. The maximum Gasteiger partial charge on any atom is 0.305 e. The molecule has 1 aliphatic heterocycles. The monoisotopic (exact) mass is 348 g/mol. The van der Waals surface area contributed by atoms with Crippen LogP contribution in [0.15, 0.2) is 42.7 Å². The molecule has 2 heterocycles. The van der Waals surface area contributed by atoms with Gasteiger partial charge in [0.25, 0.3) is 5.91 Å². The molecule has 0 aliphatic carbocycles. The zero-order valence-corrected chi connectivity index (χ0v) is 13.6. The van der Waals surface area contributed by atoms with E-state index in [1.807, 2.05) is 29.1 Å². The van der Waals surface area contributed by atoms with Crippen LogP contribution in [0, 0.1) is 0 Å². The molecule has 1 fully saturated rings. The van der Waals surface area contributed by atoms with Gasteiger partial charge in [-0.15, -0.1) is 0 Å². The Morgan fingerprint density at radius 3 is 2.75 bits per heavy atom. The van der Waals surface area contributed by atoms with Crippen molar-refractivity contribution in [1.82, 2.24) is 9.47 Å². The normalized spacial score (nSPS) is 17.7. The number of nitrogens with zero attached hydrogens (tertiary/aromatic N) is 2. The summed E-state index contributed by atoms with van der Waals surface area (Å²) in [5.74, 6) is -1.16. The molecule has 0 unspecified atom stereocenters. The number of carbonyl (C=O) groups is 2. The molecule has 1 saturated heterocycles. The third-order valence-corrected chi connectivity index (χ3v) is 4.29. The van der Waals surface area contributed by atoms with Crippen molar-refractivity contribution in [2.24, 2.45) is 0 Å². The Hall–Kier alpha value is -2.31. The molecule has 0 radical (unpaired) electrons. The lowest BCUT2D eigenvalue weighted by Crippen LogP contribution is -2.49. The lowest BCUT2D eigenvalue weighted by atomic mass is 10.1. The van der Waals surface area contributed by atoms with Gasteiger partial charge < -0.3 is 19.3 Å². The predicted octanol–water partition coefficient (Wildman–Crippen LogP) is 2.45. The smallest absolute Gasteiger partial charge is 0.305 e. The number of amides is 1. The van der Waals surface area contributed by atoms with E-state index in [4.69, 9.17) is 21.4 Å². The summed E-state index contributed by atoms with van der Waals surface area (Å²) in [5, 5.41) is 9.56. The Kier molecular flexibility index (Phi) is 4.87. The molecule has 1 amide bonds. The Morgan fingerprint density at radius 2 is 2.04 bits per heavy atom. The molecule has 126 valence electrons. The number of benzene rings is 1. The van der Waals surface area contributed by atoms with Crippen LogP contribution in [0.1, 0.15) is 16.8 Å². The molecule has 1 aromatic carbocycles. The summed E-state index contributed by atoms with van der Waals surface area (Å²) in [5.41, 5.74) is 1.18. The van der Waals surface area contributed by atoms with Crippen molar-refractivity contribution < 1.29 is 19.4 Å². The van der Waals surface area contributed by atoms with E-state index in [9.17, 15) is 9.59 Å². The van der Waals surface area contributed by atoms with E-state index in [-0.39, 0.29) is 18.9 Å². The van der Waals surface area contributed by atoms with Crippen molar-refractivity contribution in [3.8, 4) is 5.69 Å². The number of carboxylic acids is 1. The van der Waals surface area contributed by atoms with E-state index in [1.165, 1.54) is 0 Å². The average molecular weight is 349 g/mol. The summed E-state index contributed by atoms with van der Waals surface area (Å²) in [6, 6.07) is 8.33. The number of aromatic nitrogens is 1. The van der Waals surface area contributed by atoms with E-state index in [2.05, 4.69) is 0 Å². The van der Waals surface area contributed by atoms with Gasteiger partial charge in [0.1, 0.15) is 0 Å². The van der Waals surface area contributed by atoms with Gasteiger partial charge in [-0.2, -0.15) is 0 Å². The van der Waals surface area contributed by atoms with Crippen molar-refractivity contribution in [2.45, 2.75) is 12.5 Å². The molecule has 2 aromatic rings. The quantitative estimate of drug-likeness (QED) is 0.921. The highest BCUT2D eigenvalue weighted by molar-refractivity contribution is 6.32. The largest absolute Gasteiger partial charge is 0.481 e. The van der Waals surface area contributed by atoms with Gasteiger partial charge in [-0.25, -0.2) is 0 Å². The maximum atomic E-state index is 12.8. The fraction of sp³-hybridized carbons (Fsp3) is 0.294. The molecule has 1 N–H and O–H groups in total. The van der Waals surface area contributed by atoms with Gasteiger partial charge in [-0.05, 0) is 30.3 Å². The lowest BCUT2D eigenvalue weighted by molar-refractivity contribution is -0.139. The van der Waals surface area contributed by atoms with Gasteiger partial charge in [0, 0.05) is 24.5 Å². The summed E-state index contributed by atoms with van der Waals surface area (Å²) in [6.07, 6.45) is 3.55. The first-order chi connectivity index (χ1) is 11.6. The highest BCUT2D eigenvalue weighted by Crippen LogP contribution is 2.24. The summed E-state index contributed by atoms with van der Waals surface area (Å²) in [4.78, 5) is 25.4. The molecule has 3 rings (SSSR count). The van der Waals surface area contributed by atoms with E-state index >= 15 is 0 Å². The first kappa shape index (κ1) is 16.5. The first-order valence-electron chi connectivity index (χ1n) is 7.59. The highest BCUT2D eigenvalue weighted by atomic mass is 35.5. The molecule has 1 aliphatic rings. The number of carbonyl (C=O) groups excluding carboxylic acids is 1. The molecular formula is C17H17ClN2O4. The number of hydrogen-bond donors (Lipinski definition) is 1. The minimum absolute atomic E-state index is 0.135. The Bertz CT molecular complexity index is 745. The molecule has 0 saturated carbocycles. The van der Waals surface area contributed by atoms with Gasteiger partial charge in [0.15, 0.2) is 0 Å². The van der Waals surface area contributed by atoms with Crippen LogP contribution >= 0.6 is 11.6 Å². The second kappa shape index (κ2) is 7.07. The number of carboxylic acid groups (broad SMARTS) is 1. The predicted molar refractivity (Wildman–Crippen MR) is 88.7 cm³/mol. The van der Waals surface area contributed by atoms with Crippen LogP contribution in [-0.4, -0.2) is 52.3 Å². The van der Waals surface area contributed by atoms with Crippen molar-refractivity contribution in [3.05, 3.63) is 53.3 Å². The third-order valence-electron chi connectivity index (χ3n) is 3.97. The van der Waals surface area contributed by atoms with Crippen LogP contribution in [0.5, 0.6) is 0 Å². The molecule has 6 nitrogen and oxygen atoms in total. The van der Waals surface area contributed by atoms with E-state index in [0.717, 1.165) is 0 Å². The summed E-state index contributed by atoms with van der Waals surface area (Å²) < 4.78 is 7.15. The van der Waals surface area contributed by atoms with Crippen LogP contribution in [0.2, 0.25) is 5.02 Å². The molecular weight excluding hydrogens is 332 g/mol. The van der Waals surface area contributed by atoms with Gasteiger partial charge >= 0.3 is 5.97 Å². The van der Waals surface area contributed by atoms with Crippen LogP contribution < -0.4 is 0 Å². The maximum absolute atomic E-state index is 12.8. The molecule has 1 aromatic heterocycles.